The molecule has 1 N–H and O–H groups in total. The Balaban J connectivity index is 1.82. The Hall–Kier alpha value is -3.99. The third-order valence-corrected chi connectivity index (χ3v) is 7.29. The second-order valence-electron chi connectivity index (χ2n) is 7.77. The van der Waals surface area contributed by atoms with Gasteiger partial charge in [-0.15, -0.1) is 0 Å². The number of nitrogens with one attached hydrogen (secondary N) is 1. The van der Waals surface area contributed by atoms with Crippen LogP contribution >= 0.6 is 0 Å². The predicted molar refractivity (Wildman–Crippen MR) is 137 cm³/mol. The molecule has 198 valence electrons. The smallest absolute Gasteiger partial charge is 0.265 e. The van der Waals surface area contributed by atoms with Gasteiger partial charge in [0.2, 0.25) is 5.91 Å². The van der Waals surface area contributed by atoms with Crippen molar-refractivity contribution in [2.24, 2.45) is 0 Å². The minimum Gasteiger partial charge on any atom is -0.493 e. The Labute approximate surface area is 215 Å². The number of para-hydroxylation sites is 1. The molecule has 0 aromatic heterocycles. The zero-order valence-electron chi connectivity index (χ0n) is 21.0. The number of benzene rings is 3. The van der Waals surface area contributed by atoms with E-state index in [-0.39, 0.29) is 22.9 Å². The molecule has 0 unspecified atom stereocenters. The van der Waals surface area contributed by atoms with Crippen LogP contribution in [-0.4, -0.2) is 55.9 Å². The van der Waals surface area contributed by atoms with Crippen LogP contribution in [0.5, 0.6) is 23.0 Å². The predicted octanol–water partition coefficient (Wildman–Crippen LogP) is 3.41. The van der Waals surface area contributed by atoms with Crippen molar-refractivity contribution in [2.75, 3.05) is 45.8 Å². The molecule has 0 saturated heterocycles. The lowest BCUT2D eigenvalue weighted by Crippen LogP contribution is -2.41. The van der Waals surface area contributed by atoms with Gasteiger partial charge in [0.25, 0.3) is 10.0 Å². The highest BCUT2D eigenvalue weighted by molar-refractivity contribution is 7.92. The zero-order valence-corrected chi connectivity index (χ0v) is 21.8. The fourth-order valence-corrected chi connectivity index (χ4v) is 5.07. The topological polar surface area (TPSA) is 103 Å². The van der Waals surface area contributed by atoms with Gasteiger partial charge in [-0.3, -0.25) is 9.10 Å². The quantitative estimate of drug-likeness (QED) is 0.381. The number of carbonyl (C=O) groups excluding carboxylic acids is 1. The van der Waals surface area contributed by atoms with Crippen LogP contribution in [0.3, 0.4) is 0 Å². The monoisotopic (exact) mass is 532 g/mol. The van der Waals surface area contributed by atoms with Gasteiger partial charge in [-0.1, -0.05) is 18.2 Å². The second kappa shape index (κ2) is 12.3. The van der Waals surface area contributed by atoms with Crippen LogP contribution in [0.4, 0.5) is 10.1 Å². The molecule has 0 aliphatic carbocycles. The molecule has 1 amide bonds. The molecule has 9 nitrogen and oxygen atoms in total. The van der Waals surface area contributed by atoms with E-state index in [4.69, 9.17) is 18.9 Å². The summed E-state index contributed by atoms with van der Waals surface area (Å²) < 4.78 is 63.5. The summed E-state index contributed by atoms with van der Waals surface area (Å²) in [7, 11) is 1.50. The van der Waals surface area contributed by atoms with E-state index < -0.39 is 28.3 Å². The van der Waals surface area contributed by atoms with Gasteiger partial charge >= 0.3 is 0 Å². The van der Waals surface area contributed by atoms with Gasteiger partial charge in [0.1, 0.15) is 12.4 Å². The average molecular weight is 533 g/mol. The summed E-state index contributed by atoms with van der Waals surface area (Å²) >= 11 is 0. The third-order valence-electron chi connectivity index (χ3n) is 5.54. The van der Waals surface area contributed by atoms with Gasteiger partial charge in [0.15, 0.2) is 23.0 Å². The highest BCUT2D eigenvalue weighted by Gasteiger charge is 2.30. The fraction of sp³-hybridized carbons (Fsp3) is 0.269. The van der Waals surface area contributed by atoms with Gasteiger partial charge in [-0.05, 0) is 48.4 Å². The van der Waals surface area contributed by atoms with Crippen molar-refractivity contribution in [3.63, 3.8) is 0 Å². The van der Waals surface area contributed by atoms with Crippen molar-refractivity contribution in [2.45, 2.75) is 11.3 Å². The summed E-state index contributed by atoms with van der Waals surface area (Å²) in [4.78, 5) is 12.6. The fourth-order valence-electron chi connectivity index (χ4n) is 3.63. The SMILES string of the molecule is COc1ccc(CCNC(=O)CN(c2ccccc2F)S(=O)(=O)c2ccc(OC)c(OC)c2)cc1OC. The van der Waals surface area contributed by atoms with Crippen molar-refractivity contribution in [3.8, 4) is 23.0 Å². The Morgan fingerprint density at radius 1 is 0.838 bits per heavy atom. The van der Waals surface area contributed by atoms with E-state index in [9.17, 15) is 17.6 Å². The number of amides is 1. The lowest BCUT2D eigenvalue weighted by molar-refractivity contribution is -0.119. The molecule has 0 aliphatic heterocycles. The normalized spacial score (nSPS) is 10.9. The van der Waals surface area contributed by atoms with E-state index in [2.05, 4.69) is 5.32 Å². The average Bonchev–Trinajstić information content (AvgIpc) is 2.91. The number of nitrogens with zero attached hydrogens (tertiary/aromatic N) is 1. The zero-order chi connectivity index (χ0) is 27.0. The Morgan fingerprint density at radius 3 is 2.05 bits per heavy atom. The number of ether oxygens (including phenoxy) is 4. The maximum absolute atomic E-state index is 14.7. The van der Waals surface area contributed by atoms with Crippen LogP contribution in [-0.2, 0) is 21.2 Å². The molecular formula is C26H29FN2O7S. The second-order valence-corrected chi connectivity index (χ2v) is 9.63. The largest absolute Gasteiger partial charge is 0.493 e. The summed E-state index contributed by atoms with van der Waals surface area (Å²) in [5, 5.41) is 2.70. The minimum absolute atomic E-state index is 0.177. The standard InChI is InChI=1S/C26H29FN2O7S/c1-33-22-11-9-18(15-24(22)35-3)13-14-28-26(30)17-29(21-8-6-5-7-20(21)27)37(31,32)19-10-12-23(34-2)25(16-19)36-4/h5-12,15-16H,13-14,17H2,1-4H3,(H,28,30). The van der Waals surface area contributed by atoms with Crippen molar-refractivity contribution in [1.82, 2.24) is 5.32 Å². The van der Waals surface area contributed by atoms with Crippen molar-refractivity contribution < 1.29 is 36.6 Å². The van der Waals surface area contributed by atoms with E-state index in [0.29, 0.717) is 23.7 Å². The summed E-state index contributed by atoms with van der Waals surface area (Å²) in [5.74, 6) is 0.245. The highest BCUT2D eigenvalue weighted by Crippen LogP contribution is 2.33. The first kappa shape index (κ1) is 27.6. The molecule has 0 bridgehead atoms. The number of halogens is 1. The molecule has 37 heavy (non-hydrogen) atoms. The number of carbonyl (C=O) groups is 1. The molecule has 0 fully saturated rings. The number of sulfonamides is 1. The third kappa shape index (κ3) is 6.42. The molecule has 0 atom stereocenters. The number of rotatable bonds is 12. The molecule has 3 aromatic carbocycles. The molecule has 0 saturated carbocycles. The van der Waals surface area contributed by atoms with E-state index >= 15 is 0 Å². The molecule has 0 spiro atoms. The van der Waals surface area contributed by atoms with E-state index in [1.807, 2.05) is 6.07 Å². The maximum Gasteiger partial charge on any atom is 0.265 e. The van der Waals surface area contributed by atoms with Gasteiger partial charge in [0, 0.05) is 12.6 Å². The lowest BCUT2D eigenvalue weighted by Gasteiger charge is -2.25. The van der Waals surface area contributed by atoms with Crippen molar-refractivity contribution in [1.29, 1.82) is 0 Å². The van der Waals surface area contributed by atoms with E-state index in [0.717, 1.165) is 15.9 Å². The van der Waals surface area contributed by atoms with E-state index in [1.54, 1.807) is 12.1 Å². The van der Waals surface area contributed by atoms with Crippen LogP contribution in [0.2, 0.25) is 0 Å². The molecule has 3 rings (SSSR count). The maximum atomic E-state index is 14.7. The molecule has 0 aliphatic rings. The molecule has 0 heterocycles. The van der Waals surface area contributed by atoms with Crippen molar-refractivity contribution in [3.05, 3.63) is 72.0 Å². The van der Waals surface area contributed by atoms with Crippen LogP contribution in [0.25, 0.3) is 0 Å². The number of hydrogen-bond acceptors (Lipinski definition) is 7. The molecule has 0 radical (unpaired) electrons. The number of anilines is 1. The summed E-state index contributed by atoms with van der Waals surface area (Å²) in [6.07, 6.45) is 0.453. The first-order valence-electron chi connectivity index (χ1n) is 11.2. The summed E-state index contributed by atoms with van der Waals surface area (Å²) in [6.45, 7) is -0.417. The van der Waals surface area contributed by atoms with Gasteiger partial charge in [-0.2, -0.15) is 0 Å². The van der Waals surface area contributed by atoms with Gasteiger partial charge in [-0.25, -0.2) is 12.8 Å². The highest BCUT2D eigenvalue weighted by atomic mass is 32.2. The molecular weight excluding hydrogens is 503 g/mol. The van der Waals surface area contributed by atoms with Crippen LogP contribution < -0.4 is 28.6 Å². The minimum atomic E-state index is -4.36. The van der Waals surface area contributed by atoms with Crippen molar-refractivity contribution >= 4 is 21.6 Å². The van der Waals surface area contributed by atoms with E-state index in [1.165, 1.54) is 64.8 Å². The van der Waals surface area contributed by atoms with Crippen LogP contribution in [0.15, 0.2) is 65.6 Å². The summed E-state index contributed by atoms with van der Waals surface area (Å²) in [5.41, 5.74) is 0.620. The van der Waals surface area contributed by atoms with Crippen LogP contribution in [0.1, 0.15) is 5.56 Å². The first-order chi connectivity index (χ1) is 17.7. The number of hydrogen-bond donors (Lipinski definition) is 1. The Kier molecular flexibility index (Phi) is 9.18. The molecule has 11 heteroatoms. The Morgan fingerprint density at radius 2 is 1.43 bits per heavy atom. The van der Waals surface area contributed by atoms with Gasteiger partial charge in [0.05, 0.1) is 39.0 Å². The first-order valence-corrected chi connectivity index (χ1v) is 12.7. The summed E-state index contributed by atoms with van der Waals surface area (Å²) in [6, 6.07) is 14.7. The van der Waals surface area contributed by atoms with Gasteiger partial charge < -0.3 is 24.3 Å². The molecule has 3 aromatic rings. The lowest BCUT2D eigenvalue weighted by atomic mass is 10.1. The Bertz CT molecular complexity index is 1350. The number of methoxy groups -OCH3 is 4. The van der Waals surface area contributed by atoms with Crippen LogP contribution in [0, 0.1) is 5.82 Å².